The summed E-state index contributed by atoms with van der Waals surface area (Å²) in [6.07, 6.45) is 0. The Hall–Kier alpha value is -1.12. The molecule has 5 nitrogen and oxygen atoms in total. The van der Waals surface area contributed by atoms with Crippen molar-refractivity contribution in [2.75, 3.05) is 26.2 Å². The van der Waals surface area contributed by atoms with Crippen LogP contribution in [0.4, 0.5) is 0 Å². The summed E-state index contributed by atoms with van der Waals surface area (Å²) < 4.78 is 0. The van der Waals surface area contributed by atoms with Gasteiger partial charge in [0.15, 0.2) is 0 Å². The zero-order chi connectivity index (χ0) is 11.3. The molecule has 1 aliphatic heterocycles. The van der Waals surface area contributed by atoms with E-state index in [0.29, 0.717) is 18.6 Å². The third-order valence-electron chi connectivity index (χ3n) is 2.36. The first kappa shape index (κ1) is 12.0. The van der Waals surface area contributed by atoms with E-state index >= 15 is 0 Å². The Labute approximate surface area is 90.4 Å². The van der Waals surface area contributed by atoms with Gasteiger partial charge in [0.1, 0.15) is 6.54 Å². The van der Waals surface area contributed by atoms with E-state index in [1.807, 2.05) is 6.07 Å². The summed E-state index contributed by atoms with van der Waals surface area (Å²) in [6, 6.07) is 2.72. The van der Waals surface area contributed by atoms with E-state index in [2.05, 4.69) is 29.4 Å². The molecular weight excluding hydrogens is 192 g/mol. The first-order valence-electron chi connectivity index (χ1n) is 5.24. The maximum atomic E-state index is 11.4. The number of piperazine rings is 1. The van der Waals surface area contributed by atoms with Crippen molar-refractivity contribution < 1.29 is 4.79 Å². The average molecular weight is 210 g/mol. The molecule has 1 rings (SSSR count). The SMILES string of the molecule is CC1CN(CC(=O)NCC#N)CC(C)N1. The van der Waals surface area contributed by atoms with Gasteiger partial charge < -0.3 is 10.6 Å². The van der Waals surface area contributed by atoms with Crippen LogP contribution in [-0.4, -0.2) is 49.1 Å². The van der Waals surface area contributed by atoms with E-state index < -0.39 is 0 Å². The minimum Gasteiger partial charge on any atom is -0.342 e. The maximum Gasteiger partial charge on any atom is 0.235 e. The van der Waals surface area contributed by atoms with Crippen molar-refractivity contribution in [3.8, 4) is 6.07 Å². The molecule has 1 saturated heterocycles. The molecule has 0 saturated carbocycles. The molecule has 2 atom stereocenters. The maximum absolute atomic E-state index is 11.4. The first-order chi connectivity index (χ1) is 7.11. The van der Waals surface area contributed by atoms with E-state index in [1.54, 1.807) is 0 Å². The molecule has 0 aromatic rings. The Morgan fingerprint density at radius 2 is 2.13 bits per heavy atom. The van der Waals surface area contributed by atoms with Gasteiger partial charge in [0, 0.05) is 25.2 Å². The van der Waals surface area contributed by atoms with Gasteiger partial charge in [-0.15, -0.1) is 0 Å². The summed E-state index contributed by atoms with van der Waals surface area (Å²) >= 11 is 0. The third-order valence-corrected chi connectivity index (χ3v) is 2.36. The van der Waals surface area contributed by atoms with Crippen molar-refractivity contribution >= 4 is 5.91 Å². The van der Waals surface area contributed by atoms with Crippen molar-refractivity contribution in [3.05, 3.63) is 0 Å². The minimum atomic E-state index is -0.0714. The molecule has 1 fully saturated rings. The number of nitriles is 1. The van der Waals surface area contributed by atoms with Crippen LogP contribution in [0, 0.1) is 11.3 Å². The van der Waals surface area contributed by atoms with E-state index in [-0.39, 0.29) is 12.5 Å². The molecule has 84 valence electrons. The molecule has 0 aliphatic carbocycles. The Morgan fingerprint density at radius 1 is 1.53 bits per heavy atom. The van der Waals surface area contributed by atoms with Crippen LogP contribution in [0.1, 0.15) is 13.8 Å². The van der Waals surface area contributed by atoms with Gasteiger partial charge in [-0.1, -0.05) is 0 Å². The number of hydrogen-bond acceptors (Lipinski definition) is 4. The molecule has 0 aromatic heterocycles. The van der Waals surface area contributed by atoms with E-state index in [1.165, 1.54) is 0 Å². The summed E-state index contributed by atoms with van der Waals surface area (Å²) in [6.45, 7) is 6.45. The molecule has 0 aromatic carbocycles. The highest BCUT2D eigenvalue weighted by Gasteiger charge is 2.22. The molecule has 0 bridgehead atoms. The number of carbonyl (C=O) groups excluding carboxylic acids is 1. The van der Waals surface area contributed by atoms with Gasteiger partial charge in [-0.05, 0) is 13.8 Å². The second kappa shape index (κ2) is 5.69. The Morgan fingerprint density at radius 3 is 2.67 bits per heavy atom. The molecule has 0 spiro atoms. The highest BCUT2D eigenvalue weighted by atomic mass is 16.2. The van der Waals surface area contributed by atoms with Crippen LogP contribution in [0.2, 0.25) is 0 Å². The molecule has 0 radical (unpaired) electrons. The monoisotopic (exact) mass is 210 g/mol. The van der Waals surface area contributed by atoms with Gasteiger partial charge in [-0.25, -0.2) is 0 Å². The second-order valence-corrected chi connectivity index (χ2v) is 4.10. The van der Waals surface area contributed by atoms with Gasteiger partial charge in [0.05, 0.1) is 12.6 Å². The quantitative estimate of drug-likeness (QED) is 0.605. The van der Waals surface area contributed by atoms with Crippen LogP contribution >= 0.6 is 0 Å². The summed E-state index contributed by atoms with van der Waals surface area (Å²) in [4.78, 5) is 13.5. The summed E-state index contributed by atoms with van der Waals surface area (Å²) in [5, 5.41) is 14.3. The van der Waals surface area contributed by atoms with Crippen LogP contribution < -0.4 is 10.6 Å². The largest absolute Gasteiger partial charge is 0.342 e. The lowest BCUT2D eigenvalue weighted by molar-refractivity contribution is -0.122. The second-order valence-electron chi connectivity index (χ2n) is 4.10. The number of rotatable bonds is 3. The summed E-state index contributed by atoms with van der Waals surface area (Å²) in [5.41, 5.74) is 0. The van der Waals surface area contributed by atoms with Gasteiger partial charge in [0.2, 0.25) is 5.91 Å². The fourth-order valence-electron chi connectivity index (χ4n) is 1.97. The standard InChI is InChI=1S/C10H18N4O/c1-8-5-14(6-9(2)13-8)7-10(15)12-4-3-11/h8-9,13H,4-7H2,1-2H3,(H,12,15). The van der Waals surface area contributed by atoms with Gasteiger partial charge in [-0.2, -0.15) is 5.26 Å². The number of amides is 1. The van der Waals surface area contributed by atoms with Gasteiger partial charge in [-0.3, -0.25) is 9.69 Å². The topological polar surface area (TPSA) is 68.2 Å². The van der Waals surface area contributed by atoms with Crippen molar-refractivity contribution in [2.45, 2.75) is 25.9 Å². The fraction of sp³-hybridized carbons (Fsp3) is 0.800. The average Bonchev–Trinajstić information content (AvgIpc) is 2.13. The molecule has 1 amide bonds. The van der Waals surface area contributed by atoms with Gasteiger partial charge in [0.25, 0.3) is 0 Å². The Balaban J connectivity index is 2.31. The smallest absolute Gasteiger partial charge is 0.235 e. The number of nitrogens with zero attached hydrogens (tertiary/aromatic N) is 2. The molecule has 2 N–H and O–H groups in total. The highest BCUT2D eigenvalue weighted by molar-refractivity contribution is 5.78. The van der Waals surface area contributed by atoms with Gasteiger partial charge >= 0.3 is 0 Å². The molecule has 15 heavy (non-hydrogen) atoms. The Bertz CT molecular complexity index is 251. The lowest BCUT2D eigenvalue weighted by Gasteiger charge is -2.35. The summed E-state index contributed by atoms with van der Waals surface area (Å²) in [5.74, 6) is -0.0714. The van der Waals surface area contributed by atoms with E-state index in [4.69, 9.17) is 5.26 Å². The van der Waals surface area contributed by atoms with Crippen LogP contribution in [0.15, 0.2) is 0 Å². The molecule has 2 unspecified atom stereocenters. The zero-order valence-corrected chi connectivity index (χ0v) is 9.29. The van der Waals surface area contributed by atoms with Crippen LogP contribution in [0.25, 0.3) is 0 Å². The van der Waals surface area contributed by atoms with Crippen LogP contribution in [-0.2, 0) is 4.79 Å². The van der Waals surface area contributed by atoms with E-state index in [9.17, 15) is 4.79 Å². The minimum absolute atomic E-state index is 0.0714. The zero-order valence-electron chi connectivity index (χ0n) is 9.29. The lowest BCUT2D eigenvalue weighted by Crippen LogP contribution is -2.56. The molecular formula is C10H18N4O. The molecule has 5 heteroatoms. The van der Waals surface area contributed by atoms with E-state index in [0.717, 1.165) is 13.1 Å². The van der Waals surface area contributed by atoms with Crippen LogP contribution in [0.3, 0.4) is 0 Å². The first-order valence-corrected chi connectivity index (χ1v) is 5.24. The molecule has 1 heterocycles. The van der Waals surface area contributed by atoms with Crippen molar-refractivity contribution in [2.24, 2.45) is 0 Å². The summed E-state index contributed by atoms with van der Waals surface area (Å²) in [7, 11) is 0. The number of hydrogen-bond donors (Lipinski definition) is 2. The third kappa shape index (κ3) is 4.28. The fourth-order valence-corrected chi connectivity index (χ4v) is 1.97. The predicted molar refractivity (Wildman–Crippen MR) is 57.1 cm³/mol. The number of carbonyl (C=O) groups is 1. The Kier molecular flexibility index (Phi) is 4.53. The van der Waals surface area contributed by atoms with Crippen molar-refractivity contribution in [1.82, 2.24) is 15.5 Å². The van der Waals surface area contributed by atoms with Crippen molar-refractivity contribution in [1.29, 1.82) is 5.26 Å². The molecule has 1 aliphatic rings. The normalized spacial score (nSPS) is 27.0. The lowest BCUT2D eigenvalue weighted by atomic mass is 10.1. The van der Waals surface area contributed by atoms with Crippen LogP contribution in [0.5, 0.6) is 0 Å². The highest BCUT2D eigenvalue weighted by Crippen LogP contribution is 2.02. The number of nitrogens with one attached hydrogen (secondary N) is 2. The van der Waals surface area contributed by atoms with Crippen molar-refractivity contribution in [3.63, 3.8) is 0 Å². The predicted octanol–water partition coefficient (Wildman–Crippen LogP) is -0.692.